The molecule has 0 aromatic rings. The Balaban J connectivity index is 2.43. The lowest BCUT2D eigenvalue weighted by atomic mass is 9.84. The minimum Gasteiger partial charge on any atom is -0.340 e. The summed E-state index contributed by atoms with van der Waals surface area (Å²) in [6.07, 6.45) is 6.26. The second kappa shape index (κ2) is 7.28. The molecule has 3 heteroatoms. The summed E-state index contributed by atoms with van der Waals surface area (Å²) in [5.41, 5.74) is 5.88. The van der Waals surface area contributed by atoms with Crippen molar-refractivity contribution in [3.8, 4) is 0 Å². The van der Waals surface area contributed by atoms with Crippen LogP contribution in [-0.4, -0.2) is 29.9 Å². The monoisotopic (exact) mass is 268 g/mol. The van der Waals surface area contributed by atoms with E-state index >= 15 is 0 Å². The van der Waals surface area contributed by atoms with Gasteiger partial charge in [-0.25, -0.2) is 0 Å². The molecule has 1 amide bonds. The first-order valence-electron chi connectivity index (χ1n) is 7.83. The zero-order valence-electron chi connectivity index (χ0n) is 13.2. The molecule has 0 aliphatic carbocycles. The van der Waals surface area contributed by atoms with E-state index in [0.29, 0.717) is 29.7 Å². The molecule has 0 aromatic carbocycles. The van der Waals surface area contributed by atoms with Crippen molar-refractivity contribution >= 4 is 5.91 Å². The van der Waals surface area contributed by atoms with E-state index in [4.69, 9.17) is 5.73 Å². The van der Waals surface area contributed by atoms with Gasteiger partial charge in [0.25, 0.3) is 0 Å². The molecule has 112 valence electrons. The van der Waals surface area contributed by atoms with Crippen LogP contribution in [0.25, 0.3) is 0 Å². The summed E-state index contributed by atoms with van der Waals surface area (Å²) < 4.78 is 0. The number of likely N-dealkylation sites (tertiary alicyclic amines) is 1. The van der Waals surface area contributed by atoms with Crippen molar-refractivity contribution < 1.29 is 4.79 Å². The van der Waals surface area contributed by atoms with Gasteiger partial charge in [0.1, 0.15) is 0 Å². The lowest BCUT2D eigenvalue weighted by molar-refractivity contribution is -0.133. The molecule has 2 atom stereocenters. The molecule has 1 saturated heterocycles. The molecule has 0 bridgehead atoms. The van der Waals surface area contributed by atoms with Gasteiger partial charge in [-0.1, -0.05) is 27.7 Å². The van der Waals surface area contributed by atoms with Crippen LogP contribution < -0.4 is 5.73 Å². The number of hydrogen-bond acceptors (Lipinski definition) is 2. The zero-order valence-corrected chi connectivity index (χ0v) is 13.2. The quantitative estimate of drug-likeness (QED) is 0.804. The average molecular weight is 268 g/mol. The van der Waals surface area contributed by atoms with Gasteiger partial charge < -0.3 is 10.6 Å². The van der Waals surface area contributed by atoms with Crippen molar-refractivity contribution in [1.29, 1.82) is 0 Å². The topological polar surface area (TPSA) is 46.3 Å². The molecule has 1 aliphatic rings. The summed E-state index contributed by atoms with van der Waals surface area (Å²) in [5.74, 6) is 0.833. The summed E-state index contributed by atoms with van der Waals surface area (Å²) >= 11 is 0. The van der Waals surface area contributed by atoms with Crippen molar-refractivity contribution in [1.82, 2.24) is 4.90 Å². The molecule has 1 rings (SSSR count). The average Bonchev–Trinajstić information content (AvgIpc) is 2.71. The fourth-order valence-corrected chi connectivity index (χ4v) is 3.35. The minimum atomic E-state index is 0.309. The molecule has 1 heterocycles. The fraction of sp³-hybridized carbons (Fsp3) is 0.938. The Morgan fingerprint density at radius 3 is 2.68 bits per heavy atom. The van der Waals surface area contributed by atoms with Crippen LogP contribution in [0.2, 0.25) is 0 Å². The van der Waals surface area contributed by atoms with Crippen LogP contribution in [0.1, 0.15) is 66.2 Å². The Labute approximate surface area is 118 Å². The summed E-state index contributed by atoms with van der Waals surface area (Å²) in [5, 5.41) is 0. The Bertz CT molecular complexity index is 283. The van der Waals surface area contributed by atoms with E-state index in [0.717, 1.165) is 38.8 Å². The zero-order chi connectivity index (χ0) is 14.5. The number of carbonyl (C=O) groups is 1. The van der Waals surface area contributed by atoms with Crippen molar-refractivity contribution in [2.45, 2.75) is 72.3 Å². The molecule has 2 N–H and O–H groups in total. The Hall–Kier alpha value is -0.570. The van der Waals surface area contributed by atoms with Gasteiger partial charge in [0.2, 0.25) is 5.91 Å². The van der Waals surface area contributed by atoms with Gasteiger partial charge in [-0.2, -0.15) is 0 Å². The maximum Gasteiger partial charge on any atom is 0.223 e. The number of carbonyl (C=O) groups excluding carboxylic acids is 1. The highest BCUT2D eigenvalue weighted by Gasteiger charge is 2.29. The molecule has 2 unspecified atom stereocenters. The van der Waals surface area contributed by atoms with E-state index < -0.39 is 0 Å². The number of nitrogens with zero attached hydrogens (tertiary/aromatic N) is 1. The molecular formula is C16H32N2O. The van der Waals surface area contributed by atoms with Gasteiger partial charge in [0.05, 0.1) is 0 Å². The second-order valence-electron chi connectivity index (χ2n) is 7.39. The summed E-state index contributed by atoms with van der Waals surface area (Å²) in [7, 11) is 0. The molecule has 0 saturated carbocycles. The minimum absolute atomic E-state index is 0.309. The highest BCUT2D eigenvalue weighted by atomic mass is 16.2. The maximum absolute atomic E-state index is 12.4. The first-order valence-corrected chi connectivity index (χ1v) is 7.83. The number of hydrogen-bond donors (Lipinski definition) is 1. The van der Waals surface area contributed by atoms with Crippen LogP contribution in [0.3, 0.4) is 0 Å². The van der Waals surface area contributed by atoms with Crippen molar-refractivity contribution in [2.75, 3.05) is 13.1 Å². The first-order chi connectivity index (χ1) is 8.83. The lowest BCUT2D eigenvalue weighted by Crippen LogP contribution is -2.36. The largest absolute Gasteiger partial charge is 0.340 e. The molecule has 19 heavy (non-hydrogen) atoms. The molecule has 1 aliphatic heterocycles. The molecular weight excluding hydrogens is 236 g/mol. The van der Waals surface area contributed by atoms with E-state index in [1.165, 1.54) is 6.42 Å². The van der Waals surface area contributed by atoms with E-state index in [-0.39, 0.29) is 0 Å². The van der Waals surface area contributed by atoms with Crippen molar-refractivity contribution in [2.24, 2.45) is 17.1 Å². The van der Waals surface area contributed by atoms with Gasteiger partial charge in [-0.3, -0.25) is 4.79 Å². The molecule has 3 nitrogen and oxygen atoms in total. The number of rotatable bonds is 6. The van der Waals surface area contributed by atoms with E-state index in [1.54, 1.807) is 0 Å². The third-order valence-electron chi connectivity index (χ3n) is 3.92. The van der Waals surface area contributed by atoms with E-state index in [2.05, 4.69) is 32.6 Å². The second-order valence-corrected chi connectivity index (χ2v) is 7.39. The normalized spacial score (nSPS) is 21.7. The summed E-state index contributed by atoms with van der Waals surface area (Å²) in [6, 6.07) is 0.456. The SMILES string of the molecule is CC(CC(=O)N1CCCC1CCCN)CC(C)(C)C. The third kappa shape index (κ3) is 5.94. The van der Waals surface area contributed by atoms with Crippen LogP contribution in [0.4, 0.5) is 0 Å². The van der Waals surface area contributed by atoms with Crippen LogP contribution in [-0.2, 0) is 4.79 Å². The predicted octanol–water partition coefficient (Wildman–Crippen LogP) is 3.18. The fourth-order valence-electron chi connectivity index (χ4n) is 3.35. The van der Waals surface area contributed by atoms with Crippen LogP contribution >= 0.6 is 0 Å². The first kappa shape index (κ1) is 16.5. The van der Waals surface area contributed by atoms with Gasteiger partial charge in [-0.05, 0) is 50.0 Å². The summed E-state index contributed by atoms with van der Waals surface area (Å²) in [6.45, 7) is 10.6. The van der Waals surface area contributed by atoms with Gasteiger partial charge in [0.15, 0.2) is 0 Å². The van der Waals surface area contributed by atoms with Gasteiger partial charge in [-0.15, -0.1) is 0 Å². The molecule has 1 fully saturated rings. The van der Waals surface area contributed by atoms with Crippen molar-refractivity contribution in [3.05, 3.63) is 0 Å². The van der Waals surface area contributed by atoms with E-state index in [1.807, 2.05) is 0 Å². The smallest absolute Gasteiger partial charge is 0.223 e. The van der Waals surface area contributed by atoms with Gasteiger partial charge in [0, 0.05) is 19.0 Å². The predicted molar refractivity (Wildman–Crippen MR) is 80.9 cm³/mol. The Morgan fingerprint density at radius 2 is 2.11 bits per heavy atom. The van der Waals surface area contributed by atoms with Gasteiger partial charge >= 0.3 is 0 Å². The highest BCUT2D eigenvalue weighted by Crippen LogP contribution is 2.28. The van der Waals surface area contributed by atoms with E-state index in [9.17, 15) is 4.79 Å². The standard InChI is InChI=1S/C16H32N2O/c1-13(12-16(2,3)4)11-15(19)18-10-6-8-14(18)7-5-9-17/h13-14H,5-12,17H2,1-4H3. The number of amides is 1. The summed E-state index contributed by atoms with van der Waals surface area (Å²) in [4.78, 5) is 14.5. The molecule has 0 radical (unpaired) electrons. The molecule has 0 aromatic heterocycles. The number of nitrogens with two attached hydrogens (primary N) is 1. The Morgan fingerprint density at radius 1 is 1.42 bits per heavy atom. The molecule has 0 spiro atoms. The Kier molecular flexibility index (Phi) is 6.31. The maximum atomic E-state index is 12.4. The van der Waals surface area contributed by atoms with Crippen molar-refractivity contribution in [3.63, 3.8) is 0 Å². The lowest BCUT2D eigenvalue weighted by Gasteiger charge is -2.28. The van der Waals surface area contributed by atoms with Crippen LogP contribution in [0, 0.1) is 11.3 Å². The van der Waals surface area contributed by atoms with Crippen LogP contribution in [0.15, 0.2) is 0 Å². The highest BCUT2D eigenvalue weighted by molar-refractivity contribution is 5.77. The van der Waals surface area contributed by atoms with Crippen LogP contribution in [0.5, 0.6) is 0 Å². The third-order valence-corrected chi connectivity index (χ3v) is 3.92.